The van der Waals surface area contributed by atoms with Crippen molar-refractivity contribution in [2.45, 2.75) is 24.3 Å². The quantitative estimate of drug-likeness (QED) is 0.365. The third-order valence-electron chi connectivity index (χ3n) is 5.03. The van der Waals surface area contributed by atoms with E-state index in [2.05, 4.69) is 33.5 Å². The van der Waals surface area contributed by atoms with Crippen LogP contribution in [0.2, 0.25) is 0 Å². The van der Waals surface area contributed by atoms with E-state index in [4.69, 9.17) is 0 Å². The zero-order valence-corrected chi connectivity index (χ0v) is 18.6. The van der Waals surface area contributed by atoms with Crippen LogP contribution in [0.5, 0.6) is 0 Å². The van der Waals surface area contributed by atoms with Crippen LogP contribution in [0, 0.1) is 6.92 Å². The molecule has 0 aliphatic carbocycles. The molecule has 1 amide bonds. The van der Waals surface area contributed by atoms with Crippen LogP contribution in [0.3, 0.4) is 0 Å². The number of hydrogen-bond donors (Lipinski definition) is 1. The van der Waals surface area contributed by atoms with E-state index in [-0.39, 0.29) is 11.2 Å². The van der Waals surface area contributed by atoms with E-state index < -0.39 is 0 Å². The summed E-state index contributed by atoms with van der Waals surface area (Å²) < 4.78 is 2.01. The van der Waals surface area contributed by atoms with Gasteiger partial charge in [-0.25, -0.2) is 4.98 Å². The number of rotatable bonds is 5. The van der Waals surface area contributed by atoms with Gasteiger partial charge in [-0.15, -0.1) is 21.5 Å². The first-order valence-electron chi connectivity index (χ1n) is 9.82. The second-order valence-electron chi connectivity index (χ2n) is 7.17. The van der Waals surface area contributed by atoms with Crippen LogP contribution in [-0.4, -0.2) is 30.7 Å². The summed E-state index contributed by atoms with van der Waals surface area (Å²) in [6.07, 6.45) is 0. The fourth-order valence-electron chi connectivity index (χ4n) is 3.44. The van der Waals surface area contributed by atoms with Crippen LogP contribution < -0.4 is 5.32 Å². The number of thiazole rings is 1. The summed E-state index contributed by atoms with van der Waals surface area (Å²) in [4.78, 5) is 17.4. The SMILES string of the molecule is Cc1cc2nnc(SC(C)C(=O)Nc3nc(-c4ccccc4)cs3)n2c2ccccc12. The molecule has 0 aliphatic heterocycles. The van der Waals surface area contributed by atoms with Crippen molar-refractivity contribution in [3.05, 3.63) is 71.6 Å². The average molecular weight is 446 g/mol. The average Bonchev–Trinajstić information content (AvgIpc) is 3.42. The van der Waals surface area contributed by atoms with Gasteiger partial charge < -0.3 is 5.32 Å². The number of carbonyl (C=O) groups is 1. The second-order valence-corrected chi connectivity index (χ2v) is 9.34. The van der Waals surface area contributed by atoms with E-state index in [1.165, 1.54) is 23.1 Å². The summed E-state index contributed by atoms with van der Waals surface area (Å²) >= 11 is 2.80. The Balaban J connectivity index is 1.36. The number of hydrogen-bond acceptors (Lipinski definition) is 6. The predicted octanol–water partition coefficient (Wildman–Crippen LogP) is 5.43. The van der Waals surface area contributed by atoms with Crippen LogP contribution in [0.1, 0.15) is 12.5 Å². The topological polar surface area (TPSA) is 72.2 Å². The van der Waals surface area contributed by atoms with Crippen molar-refractivity contribution in [3.8, 4) is 11.3 Å². The van der Waals surface area contributed by atoms with E-state index in [0.717, 1.165) is 33.4 Å². The molecule has 6 nitrogen and oxygen atoms in total. The third kappa shape index (κ3) is 3.80. The molecule has 1 N–H and O–H groups in total. The highest BCUT2D eigenvalue weighted by Gasteiger charge is 2.20. The fraction of sp³-hybridized carbons (Fsp3) is 0.130. The van der Waals surface area contributed by atoms with Gasteiger partial charge in [-0.05, 0) is 31.5 Å². The molecule has 8 heteroatoms. The van der Waals surface area contributed by atoms with Gasteiger partial charge in [-0.3, -0.25) is 9.20 Å². The fourth-order valence-corrected chi connectivity index (χ4v) is 5.03. The monoisotopic (exact) mass is 445 g/mol. The molecule has 5 aromatic rings. The summed E-state index contributed by atoms with van der Waals surface area (Å²) in [7, 11) is 0. The summed E-state index contributed by atoms with van der Waals surface area (Å²) in [6.45, 7) is 3.93. The summed E-state index contributed by atoms with van der Waals surface area (Å²) in [6, 6.07) is 20.1. The number of nitrogens with one attached hydrogen (secondary N) is 1. The summed E-state index contributed by atoms with van der Waals surface area (Å²) in [5, 5.41) is 15.6. The number of thioether (sulfide) groups is 1. The van der Waals surface area contributed by atoms with Crippen molar-refractivity contribution >= 4 is 50.7 Å². The number of amides is 1. The Morgan fingerprint density at radius 2 is 1.87 bits per heavy atom. The smallest absolute Gasteiger partial charge is 0.239 e. The molecular formula is C23H19N5OS2. The lowest BCUT2D eigenvalue weighted by Gasteiger charge is -2.11. The zero-order chi connectivity index (χ0) is 21.4. The normalized spacial score (nSPS) is 12.3. The molecule has 2 aromatic carbocycles. The molecule has 154 valence electrons. The van der Waals surface area contributed by atoms with E-state index >= 15 is 0 Å². The Kier molecular flexibility index (Phi) is 5.17. The molecule has 0 bridgehead atoms. The first-order valence-corrected chi connectivity index (χ1v) is 11.6. The van der Waals surface area contributed by atoms with Crippen LogP contribution in [0.4, 0.5) is 5.13 Å². The number of carbonyl (C=O) groups excluding carboxylic acids is 1. The highest BCUT2D eigenvalue weighted by molar-refractivity contribution is 8.00. The van der Waals surface area contributed by atoms with Crippen LogP contribution in [-0.2, 0) is 4.79 Å². The first-order chi connectivity index (χ1) is 15.1. The van der Waals surface area contributed by atoms with E-state index in [9.17, 15) is 4.79 Å². The number of nitrogens with zero attached hydrogens (tertiary/aromatic N) is 4. The lowest BCUT2D eigenvalue weighted by molar-refractivity contribution is -0.115. The van der Waals surface area contributed by atoms with Gasteiger partial charge in [-0.2, -0.15) is 0 Å². The molecule has 31 heavy (non-hydrogen) atoms. The number of aryl methyl sites for hydroxylation is 1. The van der Waals surface area contributed by atoms with Crippen LogP contribution in [0.25, 0.3) is 27.8 Å². The Labute approximate surface area is 187 Å². The number of fused-ring (bicyclic) bond motifs is 3. The minimum Gasteiger partial charge on any atom is -0.301 e. The van der Waals surface area contributed by atoms with E-state index in [1.54, 1.807) is 0 Å². The number of para-hydroxylation sites is 1. The molecule has 5 rings (SSSR count). The molecule has 0 saturated carbocycles. The Morgan fingerprint density at radius 1 is 1.10 bits per heavy atom. The molecule has 3 aromatic heterocycles. The number of pyridine rings is 1. The number of anilines is 1. The van der Waals surface area contributed by atoms with Crippen LogP contribution >= 0.6 is 23.1 Å². The van der Waals surface area contributed by atoms with Gasteiger partial charge in [0, 0.05) is 16.3 Å². The maximum Gasteiger partial charge on any atom is 0.239 e. The molecule has 1 atom stereocenters. The molecule has 0 saturated heterocycles. The predicted molar refractivity (Wildman–Crippen MR) is 127 cm³/mol. The van der Waals surface area contributed by atoms with Gasteiger partial charge in [-0.1, -0.05) is 60.3 Å². The number of benzene rings is 2. The third-order valence-corrected chi connectivity index (χ3v) is 6.83. The van der Waals surface area contributed by atoms with Crippen molar-refractivity contribution in [2.75, 3.05) is 5.32 Å². The largest absolute Gasteiger partial charge is 0.301 e. The van der Waals surface area contributed by atoms with Gasteiger partial charge in [0.1, 0.15) is 0 Å². The van der Waals surface area contributed by atoms with Gasteiger partial charge >= 0.3 is 0 Å². The number of aromatic nitrogens is 4. The lowest BCUT2D eigenvalue weighted by Crippen LogP contribution is -2.22. The molecule has 3 heterocycles. The second kappa shape index (κ2) is 8.13. The molecule has 0 radical (unpaired) electrons. The van der Waals surface area contributed by atoms with Crippen molar-refractivity contribution in [3.63, 3.8) is 0 Å². The summed E-state index contributed by atoms with van der Waals surface area (Å²) in [5.41, 5.74) is 4.84. The molecule has 0 spiro atoms. The maximum absolute atomic E-state index is 12.8. The highest BCUT2D eigenvalue weighted by Crippen LogP contribution is 2.29. The van der Waals surface area contributed by atoms with Crippen molar-refractivity contribution in [1.29, 1.82) is 0 Å². The van der Waals surface area contributed by atoms with Crippen molar-refractivity contribution in [1.82, 2.24) is 19.6 Å². The van der Waals surface area contributed by atoms with E-state index in [1.807, 2.05) is 71.3 Å². The highest BCUT2D eigenvalue weighted by atomic mass is 32.2. The first kappa shape index (κ1) is 19.7. The molecule has 1 unspecified atom stereocenters. The van der Waals surface area contributed by atoms with E-state index in [0.29, 0.717) is 10.3 Å². The van der Waals surface area contributed by atoms with Crippen molar-refractivity contribution in [2.24, 2.45) is 0 Å². The molecular weight excluding hydrogens is 426 g/mol. The molecule has 0 aliphatic rings. The Morgan fingerprint density at radius 3 is 2.71 bits per heavy atom. The Hall–Kier alpha value is -3.23. The van der Waals surface area contributed by atoms with Gasteiger partial charge in [0.05, 0.1) is 16.5 Å². The summed E-state index contributed by atoms with van der Waals surface area (Å²) in [5.74, 6) is -0.118. The van der Waals surface area contributed by atoms with Crippen molar-refractivity contribution < 1.29 is 4.79 Å². The lowest BCUT2D eigenvalue weighted by atomic mass is 10.1. The van der Waals surface area contributed by atoms with Crippen LogP contribution in [0.15, 0.2) is 71.2 Å². The maximum atomic E-state index is 12.8. The minimum absolute atomic E-state index is 0.118. The minimum atomic E-state index is -0.364. The standard InChI is InChI=1S/C23H19N5OS2/c1-14-12-20-26-27-23(28(20)19-11-7-6-10-17(14)19)31-15(2)21(29)25-22-24-18(13-30-22)16-8-4-3-5-9-16/h3-13,15H,1-2H3,(H,24,25,29). The van der Waals surface area contributed by atoms with Gasteiger partial charge in [0.15, 0.2) is 15.9 Å². The Bertz CT molecular complexity index is 1390. The van der Waals surface area contributed by atoms with Gasteiger partial charge in [0.25, 0.3) is 0 Å². The van der Waals surface area contributed by atoms with Gasteiger partial charge in [0.2, 0.25) is 5.91 Å². The zero-order valence-electron chi connectivity index (χ0n) is 16.9. The molecule has 0 fully saturated rings.